The second kappa shape index (κ2) is 33.7. The van der Waals surface area contributed by atoms with E-state index in [0.717, 1.165) is 32.1 Å². The lowest BCUT2D eigenvalue weighted by atomic mass is 10.0. The van der Waals surface area contributed by atoms with Crippen molar-refractivity contribution < 1.29 is 80.4 Å². The van der Waals surface area contributed by atoms with Gasteiger partial charge in [-0.15, -0.1) is 0 Å². The van der Waals surface area contributed by atoms with Gasteiger partial charge < -0.3 is 19.3 Å². The van der Waals surface area contributed by atoms with Gasteiger partial charge >= 0.3 is 19.8 Å². The van der Waals surface area contributed by atoms with E-state index in [1.807, 2.05) is 0 Å². The zero-order chi connectivity index (χ0) is 61.6. The smallest absolute Gasteiger partial charge is 0.462 e. The van der Waals surface area contributed by atoms with Gasteiger partial charge in [-0.05, 0) is 38.5 Å². The van der Waals surface area contributed by atoms with Crippen LogP contribution in [0.15, 0.2) is 12.2 Å². The van der Waals surface area contributed by atoms with Gasteiger partial charge in [0.1, 0.15) is 6.61 Å². The summed E-state index contributed by atoms with van der Waals surface area (Å²) < 4.78 is 278. The highest BCUT2D eigenvalue weighted by molar-refractivity contribution is 7.46. The molecule has 0 aliphatic carbocycles. The Hall–Kier alpha value is -1.21. The zero-order valence-corrected chi connectivity index (χ0v) is 27.2. The molecule has 46 heavy (non-hydrogen) atoms. The molecular weight excluding hydrogens is 603 g/mol. The lowest BCUT2D eigenvalue weighted by Crippen LogP contribution is -2.29. The monoisotopic (exact) mass is 706 g/mol. The minimum Gasteiger partial charge on any atom is -0.462 e. The Morgan fingerprint density at radius 2 is 1.20 bits per heavy atom. The molecule has 8 nitrogen and oxygen atoms in total. The second-order valence-corrected chi connectivity index (χ2v) is 10.8. The SMILES string of the molecule is [2H]C([2H])([2H])C([2H])([2H])C([2H])([2H])C([2H])([2H])C([2H])([2H])C([2H])([2H])C([2H])([2H])C([2H])([2H])C([2H])([2H])C([2H])([2H])C([2H])([2H])C([2H])([2H])C([2H])([2H])C([2H])([2H])C([2H])([2H])C(=O)OC[C@H](COP(=O)(O)O)OC(=O)CCCCCCC/C=C/CCCCCCCC. The van der Waals surface area contributed by atoms with Crippen molar-refractivity contribution in [3.8, 4) is 0 Å². The molecule has 0 aliphatic heterocycles. The van der Waals surface area contributed by atoms with Crippen molar-refractivity contribution in [2.75, 3.05) is 13.2 Å². The summed E-state index contributed by atoms with van der Waals surface area (Å²) in [5.41, 5.74) is 0. The van der Waals surface area contributed by atoms with E-state index in [2.05, 4.69) is 28.3 Å². The van der Waals surface area contributed by atoms with E-state index in [1.165, 1.54) is 32.1 Å². The van der Waals surface area contributed by atoms with Gasteiger partial charge in [-0.3, -0.25) is 14.1 Å². The molecule has 1 atom stereocenters. The largest absolute Gasteiger partial charge is 0.469 e. The third-order valence-electron chi connectivity index (χ3n) is 5.68. The predicted molar refractivity (Wildman–Crippen MR) is 189 cm³/mol. The molecule has 0 heterocycles. The van der Waals surface area contributed by atoms with Crippen molar-refractivity contribution >= 4 is 19.8 Å². The molecule has 0 radical (unpaired) electrons. The van der Waals surface area contributed by atoms with Gasteiger partial charge in [-0.1, -0.05) is 154 Å². The standard InChI is InChI=1S/C37H71O8P/c1-3-5-7-9-11-13-15-17-18-20-22-24-26-28-30-32-37(39)45-35(34-44-46(40,41)42)33-43-36(38)31-29-27-25-23-21-19-16-14-12-10-8-6-4-2/h17-18,35H,3-16,19-34H2,1-2H3,(H2,40,41,42)/b18-17+/t35-/m1/s1/i2D3,4D2,6D2,8D2,10D2,12D2,14D2,16D2,19D2,21D2,23D2,25D2,27D2,29D2,31D2. The van der Waals surface area contributed by atoms with E-state index in [-0.39, 0.29) is 12.8 Å². The Bertz CT molecular complexity index is 2000. The summed E-state index contributed by atoms with van der Waals surface area (Å²) in [6.07, 6.45) is -55.8. The van der Waals surface area contributed by atoms with E-state index < -0.39 is 135 Å². The molecule has 0 saturated carbocycles. The molecule has 0 spiro atoms. The van der Waals surface area contributed by atoms with Crippen LogP contribution in [0, 0.1) is 0 Å². The minimum absolute atomic E-state index is 0.241. The van der Waals surface area contributed by atoms with Gasteiger partial charge in [0.25, 0.3) is 0 Å². The van der Waals surface area contributed by atoms with Crippen LogP contribution in [0.1, 0.15) is 235 Å². The Kier molecular flexibility index (Phi) is 11.2. The molecule has 0 aromatic heterocycles. The maximum absolute atomic E-state index is 13.2. The first-order valence-electron chi connectivity index (χ1n) is 30.7. The molecule has 0 bridgehead atoms. The maximum Gasteiger partial charge on any atom is 0.469 e. The zero-order valence-electron chi connectivity index (χ0n) is 57.3. The number of phosphoric ester groups is 1. The average molecular weight is 706 g/mol. The minimum atomic E-state index is -5.36. The lowest BCUT2D eigenvalue weighted by Gasteiger charge is -2.18. The Labute approximate surface area is 326 Å². The highest BCUT2D eigenvalue weighted by Crippen LogP contribution is 2.36. The van der Waals surface area contributed by atoms with Crippen LogP contribution in [-0.2, 0) is 28.2 Å². The predicted octanol–water partition coefficient (Wildman–Crippen LogP) is 11.1. The average Bonchev–Trinajstić information content (AvgIpc) is 3.26. The van der Waals surface area contributed by atoms with E-state index in [4.69, 9.17) is 47.2 Å². The molecule has 272 valence electrons. The summed E-state index contributed by atoms with van der Waals surface area (Å²) in [6, 6.07) is 0. The molecule has 0 fully saturated rings. The van der Waals surface area contributed by atoms with Crippen molar-refractivity contribution in [2.45, 2.75) is 199 Å². The number of hydrogen-bond acceptors (Lipinski definition) is 6. The molecule has 0 amide bonds. The third kappa shape index (κ3) is 35.6. The summed E-state index contributed by atoms with van der Waals surface area (Å²) in [5, 5.41) is 0. The van der Waals surface area contributed by atoms with E-state index >= 15 is 0 Å². The van der Waals surface area contributed by atoms with Crippen LogP contribution in [-0.4, -0.2) is 41.0 Å². The van der Waals surface area contributed by atoms with Crippen molar-refractivity contribution in [1.82, 2.24) is 0 Å². The van der Waals surface area contributed by atoms with Gasteiger partial charge in [0.2, 0.25) is 0 Å². The fourth-order valence-electron chi connectivity index (χ4n) is 3.51. The van der Waals surface area contributed by atoms with Crippen LogP contribution in [0.5, 0.6) is 0 Å². The number of hydrogen-bond donors (Lipinski definition) is 2. The van der Waals surface area contributed by atoms with Crippen molar-refractivity contribution in [1.29, 1.82) is 0 Å². The summed E-state index contributed by atoms with van der Waals surface area (Å²) in [6.45, 7) is -4.69. The Balaban J connectivity index is 6.61. The first-order valence-corrected chi connectivity index (χ1v) is 16.7. The number of carbonyl (C=O) groups excluding carboxylic acids is 2. The number of rotatable bonds is 35. The van der Waals surface area contributed by atoms with Crippen LogP contribution in [0.2, 0.25) is 0 Å². The molecule has 9 heteroatoms. The molecule has 0 rings (SSSR count). The number of ether oxygens (including phenoxy) is 2. The molecular formula is C37H71O8P. The summed E-state index contributed by atoms with van der Waals surface area (Å²) in [7, 11) is -5.36. The molecule has 0 aromatic rings. The number of unbranched alkanes of at least 4 members (excludes halogenated alkanes) is 11. The van der Waals surface area contributed by atoms with Gasteiger partial charge in [0, 0.05) is 55.3 Å². The van der Waals surface area contributed by atoms with E-state index in [0.29, 0.717) is 12.8 Å². The van der Waals surface area contributed by atoms with Crippen LogP contribution >= 0.6 is 7.82 Å². The second-order valence-electron chi connectivity index (χ2n) is 9.58. The summed E-state index contributed by atoms with van der Waals surface area (Å²) >= 11 is 0. The Morgan fingerprint density at radius 1 is 0.696 bits per heavy atom. The molecule has 0 aromatic carbocycles. The first-order chi connectivity index (χ1) is 34.0. The first kappa shape index (κ1) is 15.4. The maximum atomic E-state index is 13.2. The van der Waals surface area contributed by atoms with Crippen LogP contribution in [0.3, 0.4) is 0 Å². The third-order valence-corrected chi connectivity index (χ3v) is 6.17. The number of carbonyl (C=O) groups is 2. The number of esters is 2. The molecule has 0 saturated heterocycles. The van der Waals surface area contributed by atoms with Gasteiger partial charge in [0.05, 0.1) is 6.61 Å². The lowest BCUT2D eigenvalue weighted by molar-refractivity contribution is -0.161. The quantitative estimate of drug-likeness (QED) is 0.0289. The van der Waals surface area contributed by atoms with E-state index in [1.54, 1.807) is 0 Å². The van der Waals surface area contributed by atoms with Crippen LogP contribution < -0.4 is 0 Å². The van der Waals surface area contributed by atoms with Gasteiger partial charge in [-0.25, -0.2) is 4.57 Å². The number of phosphoric acid groups is 1. The van der Waals surface area contributed by atoms with Gasteiger partial charge in [-0.2, -0.15) is 0 Å². The topological polar surface area (TPSA) is 119 Å². The fourth-order valence-corrected chi connectivity index (χ4v) is 3.87. The highest BCUT2D eigenvalue weighted by Gasteiger charge is 2.22. The van der Waals surface area contributed by atoms with Crippen molar-refractivity contribution in [3.05, 3.63) is 12.2 Å². The van der Waals surface area contributed by atoms with Crippen molar-refractivity contribution in [3.63, 3.8) is 0 Å². The summed E-state index contributed by atoms with van der Waals surface area (Å²) in [5.74, 6) is -3.57. The molecule has 0 unspecified atom stereocenters. The molecule has 2 N–H and O–H groups in total. The summed E-state index contributed by atoms with van der Waals surface area (Å²) in [4.78, 5) is 44.3. The Morgan fingerprint density at radius 3 is 1.74 bits per heavy atom. The highest BCUT2D eigenvalue weighted by atomic mass is 31.2. The van der Waals surface area contributed by atoms with Crippen LogP contribution in [0.4, 0.5) is 0 Å². The van der Waals surface area contributed by atoms with Crippen LogP contribution in [0.25, 0.3) is 0 Å². The fraction of sp³-hybridized carbons (Fsp3) is 0.892. The van der Waals surface area contributed by atoms with Crippen molar-refractivity contribution in [2.24, 2.45) is 0 Å². The van der Waals surface area contributed by atoms with E-state index in [9.17, 15) is 23.9 Å². The van der Waals surface area contributed by atoms with Gasteiger partial charge in [0.15, 0.2) is 6.10 Å². The number of allylic oxidation sites excluding steroid dienone is 2. The molecule has 0 aliphatic rings. The normalized spacial score (nSPS) is 27.2.